The Morgan fingerprint density at radius 1 is 1.33 bits per heavy atom. The van der Waals surface area contributed by atoms with Gasteiger partial charge in [0.15, 0.2) is 5.82 Å². The molecule has 24 heavy (non-hydrogen) atoms. The fraction of sp³-hybridized carbons (Fsp3) is 0.412. The lowest BCUT2D eigenvalue weighted by atomic mass is 10.2. The van der Waals surface area contributed by atoms with E-state index >= 15 is 0 Å². The third-order valence-electron chi connectivity index (χ3n) is 4.35. The SMILES string of the molecule is CC(C)c1nc([C@H]2CCCN2C(=O)c2cn3ccccc3n2)no1. The van der Waals surface area contributed by atoms with Crippen LogP contribution in [0.2, 0.25) is 0 Å². The molecular weight excluding hydrogens is 306 g/mol. The van der Waals surface area contributed by atoms with E-state index in [1.165, 1.54) is 0 Å². The molecular formula is C17H19N5O2. The number of likely N-dealkylation sites (tertiary alicyclic amines) is 1. The van der Waals surface area contributed by atoms with Crippen LogP contribution in [0.3, 0.4) is 0 Å². The third kappa shape index (κ3) is 2.46. The standard InChI is InChI=1S/C17H19N5O2/c1-11(2)16-19-15(20-24-16)13-6-5-9-22(13)17(23)12-10-21-8-4-3-7-14(21)18-12/h3-4,7-8,10-11,13H,5-6,9H2,1-2H3/t13-/m1/s1. The third-order valence-corrected chi connectivity index (χ3v) is 4.35. The largest absolute Gasteiger partial charge is 0.339 e. The predicted molar refractivity (Wildman–Crippen MR) is 86.6 cm³/mol. The molecule has 0 spiro atoms. The highest BCUT2D eigenvalue weighted by molar-refractivity contribution is 5.93. The normalized spacial score (nSPS) is 18.0. The second kappa shape index (κ2) is 5.74. The Hall–Kier alpha value is -2.70. The summed E-state index contributed by atoms with van der Waals surface area (Å²) >= 11 is 0. The van der Waals surface area contributed by atoms with Crippen LogP contribution in [-0.2, 0) is 0 Å². The minimum Gasteiger partial charge on any atom is -0.339 e. The molecule has 0 aromatic carbocycles. The van der Waals surface area contributed by atoms with Crippen LogP contribution in [0.1, 0.15) is 60.9 Å². The molecule has 7 heteroatoms. The lowest BCUT2D eigenvalue weighted by Crippen LogP contribution is -2.31. The zero-order valence-electron chi connectivity index (χ0n) is 13.7. The number of carbonyl (C=O) groups is 1. The monoisotopic (exact) mass is 325 g/mol. The van der Waals surface area contributed by atoms with Crippen LogP contribution < -0.4 is 0 Å². The smallest absolute Gasteiger partial charge is 0.274 e. The van der Waals surface area contributed by atoms with E-state index in [9.17, 15) is 4.79 Å². The first kappa shape index (κ1) is 14.9. The Kier molecular flexibility index (Phi) is 3.55. The van der Waals surface area contributed by atoms with Gasteiger partial charge in [-0.2, -0.15) is 4.98 Å². The van der Waals surface area contributed by atoms with Crippen LogP contribution in [0.5, 0.6) is 0 Å². The van der Waals surface area contributed by atoms with Crippen molar-refractivity contribution in [3.05, 3.63) is 48.0 Å². The number of rotatable bonds is 3. The average Bonchev–Trinajstić information content (AvgIpc) is 3.30. The summed E-state index contributed by atoms with van der Waals surface area (Å²) in [6.45, 7) is 4.69. The van der Waals surface area contributed by atoms with Crippen LogP contribution in [0, 0.1) is 0 Å². The van der Waals surface area contributed by atoms with Gasteiger partial charge in [-0.15, -0.1) is 0 Å². The molecule has 1 saturated heterocycles. The Bertz CT molecular complexity index is 849. The van der Waals surface area contributed by atoms with Gasteiger partial charge in [0.05, 0.1) is 6.04 Å². The first-order valence-corrected chi connectivity index (χ1v) is 8.21. The molecule has 0 bridgehead atoms. The zero-order chi connectivity index (χ0) is 16.7. The van der Waals surface area contributed by atoms with Crippen molar-refractivity contribution in [3.63, 3.8) is 0 Å². The minimum atomic E-state index is -0.140. The Morgan fingerprint density at radius 2 is 2.21 bits per heavy atom. The second-order valence-electron chi connectivity index (χ2n) is 6.39. The van der Waals surface area contributed by atoms with Gasteiger partial charge in [0.2, 0.25) is 5.89 Å². The zero-order valence-corrected chi connectivity index (χ0v) is 13.7. The molecule has 1 aliphatic heterocycles. The first-order valence-electron chi connectivity index (χ1n) is 8.21. The van der Waals surface area contributed by atoms with Crippen molar-refractivity contribution in [3.8, 4) is 0 Å². The molecule has 1 fully saturated rings. The number of nitrogens with zero attached hydrogens (tertiary/aromatic N) is 5. The molecule has 0 radical (unpaired) electrons. The summed E-state index contributed by atoms with van der Waals surface area (Å²) in [6, 6.07) is 5.56. The molecule has 0 aliphatic carbocycles. The van der Waals surface area contributed by atoms with E-state index in [1.807, 2.05) is 42.6 Å². The molecule has 3 aromatic heterocycles. The fourth-order valence-corrected chi connectivity index (χ4v) is 3.08. The van der Waals surface area contributed by atoms with Gasteiger partial charge in [-0.05, 0) is 25.0 Å². The topological polar surface area (TPSA) is 76.5 Å². The molecule has 4 heterocycles. The van der Waals surface area contributed by atoms with Gasteiger partial charge in [-0.3, -0.25) is 4.79 Å². The Balaban J connectivity index is 1.62. The molecule has 0 unspecified atom stereocenters. The molecule has 1 amide bonds. The molecule has 1 aliphatic rings. The summed E-state index contributed by atoms with van der Waals surface area (Å²) in [4.78, 5) is 23.6. The second-order valence-corrected chi connectivity index (χ2v) is 6.39. The van der Waals surface area contributed by atoms with E-state index in [0.717, 1.165) is 18.5 Å². The maximum Gasteiger partial charge on any atom is 0.274 e. The lowest BCUT2D eigenvalue weighted by Gasteiger charge is -2.21. The van der Waals surface area contributed by atoms with E-state index in [1.54, 1.807) is 11.1 Å². The molecule has 1 atom stereocenters. The maximum atomic E-state index is 12.9. The lowest BCUT2D eigenvalue weighted by molar-refractivity contribution is 0.0723. The number of imidazole rings is 1. The average molecular weight is 325 g/mol. The van der Waals surface area contributed by atoms with Gasteiger partial charge < -0.3 is 13.8 Å². The van der Waals surface area contributed by atoms with Crippen LogP contribution in [0.15, 0.2) is 35.1 Å². The number of hydrogen-bond acceptors (Lipinski definition) is 5. The van der Waals surface area contributed by atoms with E-state index in [4.69, 9.17) is 4.52 Å². The molecule has 0 saturated carbocycles. The van der Waals surface area contributed by atoms with Crippen LogP contribution in [0.4, 0.5) is 0 Å². The van der Waals surface area contributed by atoms with Gasteiger partial charge in [0, 0.05) is 24.9 Å². The number of pyridine rings is 1. The van der Waals surface area contributed by atoms with Crippen molar-refractivity contribution in [1.82, 2.24) is 24.4 Å². The van der Waals surface area contributed by atoms with Crippen LogP contribution in [0.25, 0.3) is 5.65 Å². The van der Waals surface area contributed by atoms with Crippen molar-refractivity contribution in [2.75, 3.05) is 6.54 Å². The Morgan fingerprint density at radius 3 is 2.96 bits per heavy atom. The van der Waals surface area contributed by atoms with Gasteiger partial charge in [-0.1, -0.05) is 25.1 Å². The number of carbonyl (C=O) groups excluding carboxylic acids is 1. The van der Waals surface area contributed by atoms with Crippen molar-refractivity contribution in [1.29, 1.82) is 0 Å². The highest BCUT2D eigenvalue weighted by Gasteiger charge is 2.35. The molecule has 3 aromatic rings. The van der Waals surface area contributed by atoms with Gasteiger partial charge in [0.25, 0.3) is 5.91 Å². The maximum absolute atomic E-state index is 12.9. The summed E-state index contributed by atoms with van der Waals surface area (Å²) in [7, 11) is 0. The number of amides is 1. The number of aromatic nitrogens is 4. The molecule has 7 nitrogen and oxygen atoms in total. The quantitative estimate of drug-likeness (QED) is 0.740. The van der Waals surface area contributed by atoms with Crippen molar-refractivity contribution < 1.29 is 9.32 Å². The number of hydrogen-bond donors (Lipinski definition) is 0. The Labute approximate surface area is 139 Å². The molecule has 124 valence electrons. The summed E-state index contributed by atoms with van der Waals surface area (Å²) in [5.41, 5.74) is 1.21. The minimum absolute atomic E-state index is 0.0860. The molecule has 4 rings (SSSR count). The summed E-state index contributed by atoms with van der Waals surface area (Å²) in [6.07, 6.45) is 5.42. The van der Waals surface area contributed by atoms with Gasteiger partial charge in [-0.25, -0.2) is 4.98 Å². The number of fused-ring (bicyclic) bond motifs is 1. The van der Waals surface area contributed by atoms with Crippen LogP contribution >= 0.6 is 0 Å². The predicted octanol–water partition coefficient (Wildman–Crippen LogP) is 2.82. The summed E-state index contributed by atoms with van der Waals surface area (Å²) < 4.78 is 7.15. The van der Waals surface area contributed by atoms with Crippen molar-refractivity contribution >= 4 is 11.6 Å². The highest BCUT2D eigenvalue weighted by atomic mass is 16.5. The molecule has 0 N–H and O–H groups in total. The van der Waals surface area contributed by atoms with E-state index in [0.29, 0.717) is 24.0 Å². The first-order chi connectivity index (χ1) is 11.6. The van der Waals surface area contributed by atoms with E-state index in [2.05, 4.69) is 15.1 Å². The fourth-order valence-electron chi connectivity index (χ4n) is 3.08. The van der Waals surface area contributed by atoms with E-state index < -0.39 is 0 Å². The van der Waals surface area contributed by atoms with Gasteiger partial charge in [0.1, 0.15) is 11.3 Å². The highest BCUT2D eigenvalue weighted by Crippen LogP contribution is 2.32. The van der Waals surface area contributed by atoms with E-state index in [-0.39, 0.29) is 17.9 Å². The van der Waals surface area contributed by atoms with Crippen molar-refractivity contribution in [2.24, 2.45) is 0 Å². The summed E-state index contributed by atoms with van der Waals surface area (Å²) in [5, 5.41) is 4.08. The summed E-state index contributed by atoms with van der Waals surface area (Å²) in [5.74, 6) is 1.29. The van der Waals surface area contributed by atoms with Crippen molar-refractivity contribution in [2.45, 2.75) is 38.6 Å². The van der Waals surface area contributed by atoms with Gasteiger partial charge >= 0.3 is 0 Å². The van der Waals surface area contributed by atoms with Crippen LogP contribution in [-0.4, -0.2) is 36.9 Å².